The van der Waals surface area contributed by atoms with Crippen LogP contribution in [0.4, 0.5) is 0 Å². The van der Waals surface area contributed by atoms with Crippen molar-refractivity contribution >= 4 is 35.1 Å². The molecule has 0 radical (unpaired) electrons. The third-order valence-corrected chi connectivity index (χ3v) is 4.93. The molecule has 0 saturated heterocycles. The molecule has 0 aliphatic heterocycles. The van der Waals surface area contributed by atoms with E-state index in [0.29, 0.717) is 0 Å². The molecule has 21 heavy (non-hydrogen) atoms. The van der Waals surface area contributed by atoms with E-state index in [2.05, 4.69) is 15.5 Å². The van der Waals surface area contributed by atoms with Crippen LogP contribution in [0.5, 0.6) is 0 Å². The van der Waals surface area contributed by atoms with E-state index in [1.54, 1.807) is 0 Å². The molecule has 2 fully saturated rings. The van der Waals surface area contributed by atoms with Crippen molar-refractivity contribution in [2.75, 3.05) is 0 Å². The Morgan fingerprint density at radius 3 is 2.67 bits per heavy atom. The summed E-state index contributed by atoms with van der Waals surface area (Å²) in [6, 6.07) is 0.964. The number of aromatic nitrogens is 2. The molecule has 112 valence electrons. The molecule has 4 unspecified atom stereocenters. The van der Waals surface area contributed by atoms with Gasteiger partial charge in [0.25, 0.3) is 5.91 Å². The molecule has 3 rings (SSSR count). The van der Waals surface area contributed by atoms with Crippen LogP contribution in [-0.2, 0) is 4.79 Å². The predicted molar refractivity (Wildman–Crippen MR) is 75.3 cm³/mol. The van der Waals surface area contributed by atoms with Crippen molar-refractivity contribution in [3.05, 3.63) is 21.9 Å². The summed E-state index contributed by atoms with van der Waals surface area (Å²) in [7, 11) is 0. The van der Waals surface area contributed by atoms with Crippen LogP contribution in [0.2, 0.25) is 10.3 Å². The highest BCUT2D eigenvalue weighted by Crippen LogP contribution is 2.48. The molecule has 1 heterocycles. The van der Waals surface area contributed by atoms with E-state index in [-0.39, 0.29) is 33.7 Å². The van der Waals surface area contributed by atoms with Crippen LogP contribution in [0.1, 0.15) is 29.6 Å². The fourth-order valence-corrected chi connectivity index (χ4v) is 3.92. The summed E-state index contributed by atoms with van der Waals surface area (Å²) in [5, 5.41) is 19.3. The van der Waals surface area contributed by atoms with Crippen LogP contribution in [0.3, 0.4) is 0 Å². The van der Waals surface area contributed by atoms with Crippen molar-refractivity contribution in [2.24, 2.45) is 17.8 Å². The van der Waals surface area contributed by atoms with Gasteiger partial charge in [-0.25, -0.2) is 0 Å². The Kier molecular flexibility index (Phi) is 3.75. The summed E-state index contributed by atoms with van der Waals surface area (Å²) in [4.78, 5) is 23.7. The number of hydrogen-bond donors (Lipinski definition) is 2. The first-order chi connectivity index (χ1) is 9.97. The number of nitrogens with one attached hydrogen (secondary N) is 1. The van der Waals surface area contributed by atoms with E-state index in [1.807, 2.05) is 0 Å². The number of hydrogen-bond acceptors (Lipinski definition) is 4. The lowest BCUT2D eigenvalue weighted by Gasteiger charge is -2.28. The Bertz CT molecular complexity index is 610. The zero-order chi connectivity index (χ0) is 15.1. The molecule has 8 heteroatoms. The summed E-state index contributed by atoms with van der Waals surface area (Å²) in [6.07, 6.45) is 2.71. The molecular weight excluding hydrogens is 317 g/mol. The number of carbonyl (C=O) groups excluding carboxylic acids is 1. The van der Waals surface area contributed by atoms with Crippen LogP contribution < -0.4 is 5.32 Å². The van der Waals surface area contributed by atoms with Crippen LogP contribution in [0.15, 0.2) is 6.07 Å². The Morgan fingerprint density at radius 2 is 1.95 bits per heavy atom. The summed E-state index contributed by atoms with van der Waals surface area (Å²) in [5.41, 5.74) is 0.114. The second-order valence-corrected chi connectivity index (χ2v) is 6.31. The zero-order valence-electron chi connectivity index (χ0n) is 10.9. The van der Waals surface area contributed by atoms with Gasteiger partial charge < -0.3 is 10.4 Å². The molecule has 2 N–H and O–H groups in total. The minimum absolute atomic E-state index is 0.0491. The fourth-order valence-electron chi connectivity index (χ4n) is 3.60. The number of nitrogens with zero attached hydrogens (tertiary/aromatic N) is 2. The lowest BCUT2D eigenvalue weighted by Crippen LogP contribution is -2.46. The number of amides is 1. The molecule has 6 nitrogen and oxygen atoms in total. The Hall–Kier alpha value is -1.40. The molecule has 1 amide bonds. The average molecular weight is 330 g/mol. The fraction of sp³-hybridized carbons (Fsp3) is 0.538. The van der Waals surface area contributed by atoms with Crippen molar-refractivity contribution < 1.29 is 14.7 Å². The standard InChI is InChI=1S/C13H13Cl2N3O3/c14-8-4-7(11(15)18-17-8)12(19)16-10-6-2-1-5(3-6)9(10)13(20)21/h4-6,9-10H,1-3H2,(H,16,19)(H,20,21). The van der Waals surface area contributed by atoms with Gasteiger partial charge in [-0.15, -0.1) is 10.2 Å². The number of fused-ring (bicyclic) bond motifs is 2. The second kappa shape index (κ2) is 5.42. The highest BCUT2D eigenvalue weighted by molar-refractivity contribution is 6.34. The number of carboxylic acid groups (broad SMARTS) is 1. The number of carbonyl (C=O) groups is 2. The lowest BCUT2D eigenvalue weighted by molar-refractivity contribution is -0.144. The topological polar surface area (TPSA) is 92.2 Å². The van der Waals surface area contributed by atoms with E-state index in [1.165, 1.54) is 6.07 Å². The maximum atomic E-state index is 12.3. The molecular formula is C13H13Cl2N3O3. The molecule has 0 aromatic carbocycles. The highest BCUT2D eigenvalue weighted by atomic mass is 35.5. The number of carboxylic acids is 1. The van der Waals surface area contributed by atoms with Gasteiger partial charge in [-0.3, -0.25) is 9.59 Å². The summed E-state index contributed by atoms with van der Waals surface area (Å²) in [6.45, 7) is 0. The maximum Gasteiger partial charge on any atom is 0.308 e. The SMILES string of the molecule is O=C(NC1C2CCC(C2)C1C(=O)O)c1cc(Cl)nnc1Cl. The van der Waals surface area contributed by atoms with Gasteiger partial charge in [-0.1, -0.05) is 23.2 Å². The molecule has 0 spiro atoms. The minimum atomic E-state index is -0.857. The molecule has 2 aliphatic rings. The number of aliphatic carboxylic acids is 1. The van der Waals surface area contributed by atoms with Gasteiger partial charge in [-0.2, -0.15) is 0 Å². The van der Waals surface area contributed by atoms with Gasteiger partial charge in [0.1, 0.15) is 0 Å². The van der Waals surface area contributed by atoms with Gasteiger partial charge in [0.2, 0.25) is 0 Å². The van der Waals surface area contributed by atoms with Crippen molar-refractivity contribution in [2.45, 2.75) is 25.3 Å². The van der Waals surface area contributed by atoms with E-state index >= 15 is 0 Å². The van der Waals surface area contributed by atoms with Crippen molar-refractivity contribution in [3.63, 3.8) is 0 Å². The number of halogens is 2. The van der Waals surface area contributed by atoms with Gasteiger partial charge in [0.15, 0.2) is 10.3 Å². The first-order valence-corrected chi connectivity index (χ1v) is 7.45. The lowest BCUT2D eigenvalue weighted by atomic mass is 9.84. The average Bonchev–Trinajstić information content (AvgIpc) is 3.02. The monoisotopic (exact) mass is 329 g/mol. The molecule has 1 aromatic heterocycles. The quantitative estimate of drug-likeness (QED) is 0.884. The predicted octanol–water partition coefficient (Wildman–Crippen LogP) is 2.01. The van der Waals surface area contributed by atoms with E-state index < -0.39 is 17.8 Å². The largest absolute Gasteiger partial charge is 0.481 e. The zero-order valence-corrected chi connectivity index (χ0v) is 12.4. The van der Waals surface area contributed by atoms with Gasteiger partial charge in [0, 0.05) is 6.04 Å². The van der Waals surface area contributed by atoms with Crippen LogP contribution in [0.25, 0.3) is 0 Å². The van der Waals surface area contributed by atoms with E-state index in [9.17, 15) is 14.7 Å². The normalized spacial score (nSPS) is 30.4. The first kappa shape index (κ1) is 14.5. The van der Waals surface area contributed by atoms with Crippen molar-refractivity contribution in [3.8, 4) is 0 Å². The summed E-state index contributed by atoms with van der Waals surface area (Å²) >= 11 is 11.6. The highest BCUT2D eigenvalue weighted by Gasteiger charge is 2.51. The van der Waals surface area contributed by atoms with E-state index in [4.69, 9.17) is 23.2 Å². The summed E-state index contributed by atoms with van der Waals surface area (Å²) in [5.74, 6) is -1.49. The Morgan fingerprint density at radius 1 is 1.24 bits per heavy atom. The van der Waals surface area contributed by atoms with Crippen LogP contribution in [0, 0.1) is 17.8 Å². The van der Waals surface area contributed by atoms with Crippen molar-refractivity contribution in [1.82, 2.24) is 15.5 Å². The van der Waals surface area contributed by atoms with Gasteiger partial charge in [-0.05, 0) is 37.2 Å². The summed E-state index contributed by atoms with van der Waals surface area (Å²) < 4.78 is 0. The molecule has 4 atom stereocenters. The molecule has 2 saturated carbocycles. The minimum Gasteiger partial charge on any atom is -0.481 e. The smallest absolute Gasteiger partial charge is 0.308 e. The van der Waals surface area contributed by atoms with Crippen molar-refractivity contribution in [1.29, 1.82) is 0 Å². The molecule has 1 aromatic rings. The first-order valence-electron chi connectivity index (χ1n) is 6.69. The Balaban J connectivity index is 1.81. The second-order valence-electron chi connectivity index (χ2n) is 5.57. The van der Waals surface area contributed by atoms with Crippen LogP contribution >= 0.6 is 23.2 Å². The molecule has 2 aliphatic carbocycles. The van der Waals surface area contributed by atoms with Gasteiger partial charge in [0.05, 0.1) is 11.5 Å². The van der Waals surface area contributed by atoms with Gasteiger partial charge >= 0.3 is 5.97 Å². The molecule has 2 bridgehead atoms. The van der Waals surface area contributed by atoms with Crippen LogP contribution in [-0.4, -0.2) is 33.2 Å². The van der Waals surface area contributed by atoms with E-state index in [0.717, 1.165) is 19.3 Å². The third kappa shape index (κ3) is 2.58. The Labute approximate surface area is 130 Å². The third-order valence-electron chi connectivity index (χ3n) is 4.46. The number of rotatable bonds is 3. The maximum absolute atomic E-state index is 12.3.